The van der Waals surface area contributed by atoms with E-state index in [2.05, 4.69) is 20.8 Å². The first-order valence-electron chi connectivity index (χ1n) is 6.91. The summed E-state index contributed by atoms with van der Waals surface area (Å²) in [6.45, 7) is 7.73. The Morgan fingerprint density at radius 3 is 2.50 bits per heavy atom. The molecule has 1 saturated carbocycles. The van der Waals surface area contributed by atoms with Gasteiger partial charge in [-0.25, -0.2) is 0 Å². The fourth-order valence-corrected chi connectivity index (χ4v) is 3.21. The summed E-state index contributed by atoms with van der Waals surface area (Å²) in [5.41, 5.74) is 8.12. The maximum atomic E-state index is 6.07. The van der Waals surface area contributed by atoms with Gasteiger partial charge in [0.1, 0.15) is 0 Å². The second kappa shape index (κ2) is 5.31. The van der Waals surface area contributed by atoms with Gasteiger partial charge in [0.2, 0.25) is 0 Å². The zero-order valence-electron chi connectivity index (χ0n) is 11.8. The first kappa shape index (κ1) is 13.4. The molecule has 0 radical (unpaired) electrons. The summed E-state index contributed by atoms with van der Waals surface area (Å²) in [7, 11) is 0. The predicted octanol–water partition coefficient (Wildman–Crippen LogP) is 4.00. The summed E-state index contributed by atoms with van der Waals surface area (Å²) >= 11 is 0. The van der Waals surface area contributed by atoms with Crippen LogP contribution < -0.4 is 5.73 Å². The Morgan fingerprint density at radius 1 is 1.22 bits per heavy atom. The molecule has 0 amide bonds. The van der Waals surface area contributed by atoms with Gasteiger partial charge in [0.05, 0.1) is 12.7 Å². The van der Waals surface area contributed by atoms with E-state index < -0.39 is 0 Å². The summed E-state index contributed by atoms with van der Waals surface area (Å²) in [4.78, 5) is 0. The highest BCUT2D eigenvalue weighted by Crippen LogP contribution is 2.39. The van der Waals surface area contributed by atoms with E-state index >= 15 is 0 Å². The van der Waals surface area contributed by atoms with Crippen LogP contribution in [0, 0.1) is 11.3 Å². The summed E-state index contributed by atoms with van der Waals surface area (Å²) in [5.74, 6) is 0.769. The molecule has 18 heavy (non-hydrogen) atoms. The number of nitrogen functional groups attached to an aromatic ring is 1. The van der Waals surface area contributed by atoms with Crippen LogP contribution in [0.2, 0.25) is 0 Å². The van der Waals surface area contributed by atoms with Gasteiger partial charge in [-0.2, -0.15) is 0 Å². The third-order valence-corrected chi connectivity index (χ3v) is 3.81. The lowest BCUT2D eigenvalue weighted by molar-refractivity contribution is -0.0316. The smallest absolute Gasteiger partial charge is 0.0720 e. The first-order chi connectivity index (χ1) is 8.44. The molecule has 0 bridgehead atoms. The first-order valence-corrected chi connectivity index (χ1v) is 6.91. The second-order valence-electron chi connectivity index (χ2n) is 6.59. The minimum atomic E-state index is 0.404. The Bertz CT molecular complexity index is 383. The van der Waals surface area contributed by atoms with E-state index in [0.717, 1.165) is 11.6 Å². The number of hydrogen-bond donors (Lipinski definition) is 1. The molecule has 2 atom stereocenters. The van der Waals surface area contributed by atoms with Crippen molar-refractivity contribution in [2.45, 2.75) is 52.7 Å². The van der Waals surface area contributed by atoms with Crippen LogP contribution in [0.5, 0.6) is 0 Å². The average molecular weight is 247 g/mol. The van der Waals surface area contributed by atoms with Crippen LogP contribution in [0.1, 0.15) is 45.6 Å². The summed E-state index contributed by atoms with van der Waals surface area (Å²) < 4.78 is 6.07. The van der Waals surface area contributed by atoms with Crippen LogP contribution in [0.4, 0.5) is 5.69 Å². The molecular formula is C16H25NO. The normalized spacial score (nSPS) is 27.1. The van der Waals surface area contributed by atoms with Gasteiger partial charge in [0.25, 0.3) is 0 Å². The molecule has 0 saturated heterocycles. The third-order valence-electron chi connectivity index (χ3n) is 3.81. The van der Waals surface area contributed by atoms with E-state index in [4.69, 9.17) is 10.5 Å². The van der Waals surface area contributed by atoms with E-state index in [9.17, 15) is 0 Å². The topological polar surface area (TPSA) is 35.2 Å². The quantitative estimate of drug-likeness (QED) is 0.819. The van der Waals surface area contributed by atoms with Crippen LogP contribution in [-0.2, 0) is 11.3 Å². The number of nitrogens with two attached hydrogens (primary N) is 1. The highest BCUT2D eigenvalue weighted by atomic mass is 16.5. The molecule has 1 fully saturated rings. The van der Waals surface area contributed by atoms with Crippen molar-refractivity contribution in [3.8, 4) is 0 Å². The number of rotatable bonds is 3. The van der Waals surface area contributed by atoms with Gasteiger partial charge in [-0.15, -0.1) is 0 Å². The zero-order valence-corrected chi connectivity index (χ0v) is 11.8. The van der Waals surface area contributed by atoms with Gasteiger partial charge < -0.3 is 10.5 Å². The molecule has 0 spiro atoms. The molecule has 0 heterocycles. The van der Waals surface area contributed by atoms with Crippen molar-refractivity contribution < 1.29 is 4.74 Å². The minimum absolute atomic E-state index is 0.404. The minimum Gasteiger partial charge on any atom is -0.399 e. The maximum absolute atomic E-state index is 6.07. The van der Waals surface area contributed by atoms with Gasteiger partial charge >= 0.3 is 0 Å². The van der Waals surface area contributed by atoms with Crippen molar-refractivity contribution >= 4 is 5.69 Å². The molecule has 1 aliphatic rings. The molecule has 2 rings (SSSR count). The van der Waals surface area contributed by atoms with Gasteiger partial charge in [0, 0.05) is 5.69 Å². The molecule has 2 heteroatoms. The molecule has 2 unspecified atom stereocenters. The molecule has 1 aromatic carbocycles. The molecule has 0 aromatic heterocycles. The molecule has 1 aliphatic carbocycles. The molecule has 2 nitrogen and oxygen atoms in total. The molecule has 2 N–H and O–H groups in total. The molecule has 100 valence electrons. The van der Waals surface area contributed by atoms with Gasteiger partial charge in [-0.05, 0) is 48.3 Å². The number of benzene rings is 1. The highest BCUT2D eigenvalue weighted by molar-refractivity contribution is 5.39. The third kappa shape index (κ3) is 3.74. The van der Waals surface area contributed by atoms with Crippen molar-refractivity contribution in [3.05, 3.63) is 29.8 Å². The number of anilines is 1. The number of hydrogen-bond acceptors (Lipinski definition) is 2. The van der Waals surface area contributed by atoms with Crippen molar-refractivity contribution in [3.63, 3.8) is 0 Å². The largest absolute Gasteiger partial charge is 0.399 e. The van der Waals surface area contributed by atoms with Crippen LogP contribution in [0.15, 0.2) is 24.3 Å². The zero-order chi connectivity index (χ0) is 13.2. The van der Waals surface area contributed by atoms with Crippen LogP contribution >= 0.6 is 0 Å². The predicted molar refractivity (Wildman–Crippen MR) is 76.2 cm³/mol. The van der Waals surface area contributed by atoms with E-state index in [-0.39, 0.29) is 0 Å². The Morgan fingerprint density at radius 2 is 1.89 bits per heavy atom. The number of ether oxygens (including phenoxy) is 1. The van der Waals surface area contributed by atoms with Gasteiger partial charge in [-0.1, -0.05) is 32.9 Å². The fourth-order valence-electron chi connectivity index (χ4n) is 3.21. The molecule has 1 aromatic rings. The van der Waals surface area contributed by atoms with E-state index in [1.165, 1.54) is 24.8 Å². The van der Waals surface area contributed by atoms with Gasteiger partial charge in [0.15, 0.2) is 0 Å². The lowest BCUT2D eigenvalue weighted by Gasteiger charge is -2.38. The van der Waals surface area contributed by atoms with E-state index in [0.29, 0.717) is 18.1 Å². The molecule has 0 aliphatic heterocycles. The Hall–Kier alpha value is -1.02. The fraction of sp³-hybridized carbons (Fsp3) is 0.625. The Balaban J connectivity index is 1.88. The standard InChI is InChI=1S/C16H25NO/c1-12-8-15(10-16(2,3)9-12)18-11-13-4-6-14(17)7-5-13/h4-7,12,15H,8-11,17H2,1-3H3. The van der Waals surface area contributed by atoms with Crippen LogP contribution in [-0.4, -0.2) is 6.10 Å². The summed E-state index contributed by atoms with van der Waals surface area (Å²) in [5, 5.41) is 0. The lowest BCUT2D eigenvalue weighted by Crippen LogP contribution is -2.32. The van der Waals surface area contributed by atoms with E-state index in [1.807, 2.05) is 24.3 Å². The Kier molecular flexibility index (Phi) is 3.96. The van der Waals surface area contributed by atoms with Crippen molar-refractivity contribution in [2.75, 3.05) is 5.73 Å². The Labute approximate surface area is 111 Å². The lowest BCUT2D eigenvalue weighted by atomic mass is 9.71. The molecular weight excluding hydrogens is 222 g/mol. The van der Waals surface area contributed by atoms with Gasteiger partial charge in [-0.3, -0.25) is 0 Å². The highest BCUT2D eigenvalue weighted by Gasteiger charge is 2.32. The average Bonchev–Trinajstić information content (AvgIpc) is 2.25. The summed E-state index contributed by atoms with van der Waals surface area (Å²) in [6.07, 6.45) is 4.08. The van der Waals surface area contributed by atoms with Crippen molar-refractivity contribution in [1.82, 2.24) is 0 Å². The second-order valence-corrected chi connectivity index (χ2v) is 6.59. The van der Waals surface area contributed by atoms with Crippen LogP contribution in [0.3, 0.4) is 0 Å². The summed E-state index contributed by atoms with van der Waals surface area (Å²) in [6, 6.07) is 7.97. The van der Waals surface area contributed by atoms with Crippen molar-refractivity contribution in [2.24, 2.45) is 11.3 Å². The van der Waals surface area contributed by atoms with Crippen LogP contribution in [0.25, 0.3) is 0 Å². The maximum Gasteiger partial charge on any atom is 0.0720 e. The van der Waals surface area contributed by atoms with Crippen molar-refractivity contribution in [1.29, 1.82) is 0 Å². The van der Waals surface area contributed by atoms with E-state index in [1.54, 1.807) is 0 Å². The monoisotopic (exact) mass is 247 g/mol. The SMILES string of the molecule is CC1CC(OCc2ccc(N)cc2)CC(C)(C)C1.